The van der Waals surface area contributed by atoms with Gasteiger partial charge < -0.3 is 4.74 Å². The zero-order chi connectivity index (χ0) is 18.5. The van der Waals surface area contributed by atoms with Crippen molar-refractivity contribution in [2.45, 2.75) is 31.6 Å². The Balaban J connectivity index is 1.98. The fourth-order valence-corrected chi connectivity index (χ4v) is 5.30. The maximum Gasteiger partial charge on any atom is 0.153 e. The van der Waals surface area contributed by atoms with Crippen LogP contribution in [-0.4, -0.2) is 22.7 Å². The Kier molecular flexibility index (Phi) is 3.87. The second-order valence-electron chi connectivity index (χ2n) is 7.56. The Hall–Kier alpha value is -2.61. The Labute approximate surface area is 153 Å². The molecule has 1 heterocycles. The molecule has 0 saturated heterocycles. The number of hydrogen-bond donors (Lipinski definition) is 0. The number of benzene rings is 1. The lowest BCUT2D eigenvalue weighted by atomic mass is 9.51. The fraction of sp³-hybridized carbons (Fsp3) is 0.476. The highest BCUT2D eigenvalue weighted by Gasteiger charge is 2.56. The Morgan fingerprint density at radius 3 is 2.73 bits per heavy atom. The van der Waals surface area contributed by atoms with E-state index in [4.69, 9.17) is 4.74 Å². The van der Waals surface area contributed by atoms with Crippen molar-refractivity contribution in [1.82, 2.24) is 9.78 Å². The van der Waals surface area contributed by atoms with Crippen LogP contribution in [0.15, 0.2) is 30.5 Å². The lowest BCUT2D eigenvalue weighted by Gasteiger charge is -2.51. The lowest BCUT2D eigenvalue weighted by Crippen LogP contribution is -2.53. The van der Waals surface area contributed by atoms with Gasteiger partial charge in [0.2, 0.25) is 0 Å². The zero-order valence-electron chi connectivity index (χ0n) is 15.4. The molecule has 1 aromatic carbocycles. The van der Waals surface area contributed by atoms with Gasteiger partial charge in [0.15, 0.2) is 5.78 Å². The van der Waals surface area contributed by atoms with Crippen LogP contribution in [-0.2, 0) is 23.7 Å². The number of hydrogen-bond acceptors (Lipinski definition) is 4. The van der Waals surface area contributed by atoms with E-state index in [9.17, 15) is 10.1 Å². The molecule has 4 atom stereocenters. The normalized spacial score (nSPS) is 30.2. The van der Waals surface area contributed by atoms with Gasteiger partial charge in [-0.15, -0.1) is 0 Å². The number of Topliss-reactive ketones (excluding diaryl/α,β-unsaturated/α-hetero) is 1. The molecule has 0 spiro atoms. The van der Waals surface area contributed by atoms with Gasteiger partial charge in [0.05, 0.1) is 25.1 Å². The van der Waals surface area contributed by atoms with Crippen molar-refractivity contribution in [3.63, 3.8) is 0 Å². The van der Waals surface area contributed by atoms with E-state index in [1.54, 1.807) is 7.11 Å². The highest BCUT2D eigenvalue weighted by molar-refractivity contribution is 5.87. The minimum atomic E-state index is -0.579. The number of methoxy groups -OCH3 is 1. The summed E-state index contributed by atoms with van der Waals surface area (Å²) in [6.07, 6.45) is 4.34. The van der Waals surface area contributed by atoms with Crippen molar-refractivity contribution in [1.29, 1.82) is 5.26 Å². The molecule has 2 aliphatic rings. The first-order chi connectivity index (χ1) is 12.5. The summed E-state index contributed by atoms with van der Waals surface area (Å²) in [4.78, 5) is 12.8. The Morgan fingerprint density at radius 2 is 2.08 bits per heavy atom. The van der Waals surface area contributed by atoms with Gasteiger partial charge >= 0.3 is 0 Å². The average molecular weight is 349 g/mol. The summed E-state index contributed by atoms with van der Waals surface area (Å²) in [5.41, 5.74) is 3.18. The van der Waals surface area contributed by atoms with Crippen LogP contribution in [0.3, 0.4) is 0 Å². The summed E-state index contributed by atoms with van der Waals surface area (Å²) < 4.78 is 7.27. The molecule has 4 rings (SSSR count). The third kappa shape index (κ3) is 2.14. The zero-order valence-corrected chi connectivity index (χ0v) is 15.4. The van der Waals surface area contributed by atoms with E-state index in [-0.39, 0.29) is 23.0 Å². The van der Waals surface area contributed by atoms with Crippen LogP contribution in [0, 0.1) is 29.1 Å². The van der Waals surface area contributed by atoms with Crippen LogP contribution in [0.5, 0.6) is 5.75 Å². The SMILES string of the molecule is COc1ccc([C@@]23CC(C#N)C(=O)[C@@H](C)[C@@H]2CCc2cnn(C)c23)cc1. The molecule has 2 aromatic rings. The van der Waals surface area contributed by atoms with Crippen LogP contribution in [0.2, 0.25) is 0 Å². The van der Waals surface area contributed by atoms with E-state index in [1.165, 1.54) is 11.3 Å². The van der Waals surface area contributed by atoms with Crippen molar-refractivity contribution in [3.05, 3.63) is 47.3 Å². The van der Waals surface area contributed by atoms with E-state index in [1.807, 2.05) is 37.0 Å². The van der Waals surface area contributed by atoms with Gasteiger partial charge in [-0.1, -0.05) is 19.1 Å². The number of ketones is 1. The smallest absolute Gasteiger partial charge is 0.153 e. The molecule has 1 unspecified atom stereocenters. The Morgan fingerprint density at radius 1 is 1.35 bits per heavy atom. The van der Waals surface area contributed by atoms with Crippen molar-refractivity contribution in [2.24, 2.45) is 24.8 Å². The van der Waals surface area contributed by atoms with Gasteiger partial charge in [-0.2, -0.15) is 10.4 Å². The third-order valence-electron chi connectivity index (χ3n) is 6.48. The summed E-state index contributed by atoms with van der Waals surface area (Å²) >= 11 is 0. The number of rotatable bonds is 2. The van der Waals surface area contributed by atoms with Gasteiger partial charge in [0.25, 0.3) is 0 Å². The summed E-state index contributed by atoms with van der Waals surface area (Å²) in [7, 11) is 3.62. The molecule has 134 valence electrons. The van der Waals surface area contributed by atoms with E-state index in [0.29, 0.717) is 6.42 Å². The first-order valence-corrected chi connectivity index (χ1v) is 9.12. The number of nitriles is 1. The molecule has 0 aliphatic heterocycles. The van der Waals surface area contributed by atoms with Crippen molar-refractivity contribution in [2.75, 3.05) is 7.11 Å². The monoisotopic (exact) mass is 349 g/mol. The molecule has 0 bridgehead atoms. The van der Waals surface area contributed by atoms with Crippen LogP contribution >= 0.6 is 0 Å². The topological polar surface area (TPSA) is 67.9 Å². The average Bonchev–Trinajstić information content (AvgIpc) is 3.06. The van der Waals surface area contributed by atoms with Crippen molar-refractivity contribution >= 4 is 5.78 Å². The number of nitrogens with zero attached hydrogens (tertiary/aromatic N) is 3. The number of carbonyl (C=O) groups excluding carboxylic acids is 1. The molecule has 1 aromatic heterocycles. The molecular formula is C21H23N3O2. The number of fused-ring (bicyclic) bond motifs is 3. The molecule has 26 heavy (non-hydrogen) atoms. The van der Waals surface area contributed by atoms with Crippen LogP contribution in [0.25, 0.3) is 0 Å². The summed E-state index contributed by atoms with van der Waals surface area (Å²) in [5.74, 6) is 0.352. The van der Waals surface area contributed by atoms with Gasteiger partial charge in [-0.05, 0) is 48.4 Å². The maximum atomic E-state index is 12.8. The highest BCUT2D eigenvalue weighted by Crippen LogP contribution is 2.56. The van der Waals surface area contributed by atoms with E-state index in [0.717, 1.165) is 24.2 Å². The highest BCUT2D eigenvalue weighted by atomic mass is 16.5. The molecular weight excluding hydrogens is 326 g/mol. The van der Waals surface area contributed by atoms with Gasteiger partial charge in [-0.3, -0.25) is 9.48 Å². The molecule has 5 heteroatoms. The fourth-order valence-electron chi connectivity index (χ4n) is 5.30. The van der Waals surface area contributed by atoms with Crippen LogP contribution in [0.4, 0.5) is 0 Å². The first-order valence-electron chi connectivity index (χ1n) is 9.12. The molecule has 1 fully saturated rings. The largest absolute Gasteiger partial charge is 0.497 e. The quantitative estimate of drug-likeness (QED) is 0.836. The molecule has 0 N–H and O–H groups in total. The molecule has 2 aliphatic carbocycles. The second-order valence-corrected chi connectivity index (χ2v) is 7.56. The number of ether oxygens (including phenoxy) is 1. The predicted molar refractivity (Wildman–Crippen MR) is 96.7 cm³/mol. The predicted octanol–water partition coefficient (Wildman–Crippen LogP) is 3.03. The summed E-state index contributed by atoms with van der Waals surface area (Å²) in [6, 6.07) is 10.4. The van der Waals surface area contributed by atoms with Gasteiger partial charge in [0.1, 0.15) is 11.7 Å². The van der Waals surface area contributed by atoms with Gasteiger partial charge in [-0.25, -0.2) is 0 Å². The van der Waals surface area contributed by atoms with Crippen molar-refractivity contribution in [3.8, 4) is 11.8 Å². The van der Waals surface area contributed by atoms with Crippen molar-refractivity contribution < 1.29 is 9.53 Å². The minimum Gasteiger partial charge on any atom is -0.497 e. The lowest BCUT2D eigenvalue weighted by molar-refractivity contribution is -0.131. The number of aromatic nitrogens is 2. The van der Waals surface area contributed by atoms with Crippen LogP contribution in [0.1, 0.15) is 36.6 Å². The third-order valence-corrected chi connectivity index (χ3v) is 6.48. The first kappa shape index (κ1) is 16.8. The van der Waals surface area contributed by atoms with E-state index >= 15 is 0 Å². The molecule has 0 radical (unpaired) electrons. The van der Waals surface area contributed by atoms with E-state index in [2.05, 4.69) is 23.3 Å². The standard InChI is InChI=1S/C21H23N3O2/c1-13-18-9-4-14-12-23-24(2)20(14)21(18,10-15(11-22)19(13)25)16-5-7-17(26-3)8-6-16/h5-8,12-13,15,18H,4,9-10H2,1-3H3/t13-,15?,18-,21-/m0/s1. The number of carbonyl (C=O) groups is 1. The maximum absolute atomic E-state index is 12.8. The summed E-state index contributed by atoms with van der Waals surface area (Å²) in [5, 5.41) is 14.2. The number of aryl methyl sites for hydroxylation is 2. The molecule has 0 amide bonds. The minimum absolute atomic E-state index is 0.0901. The van der Waals surface area contributed by atoms with Gasteiger partial charge in [0, 0.05) is 18.4 Å². The molecule has 1 saturated carbocycles. The summed E-state index contributed by atoms with van der Waals surface area (Å²) in [6.45, 7) is 2.00. The molecule has 5 nitrogen and oxygen atoms in total. The second kappa shape index (κ2) is 5.98. The van der Waals surface area contributed by atoms with E-state index < -0.39 is 5.92 Å². The Bertz CT molecular complexity index is 893. The van der Waals surface area contributed by atoms with Crippen LogP contribution < -0.4 is 4.74 Å².